The topological polar surface area (TPSA) is 30.5 Å². The van der Waals surface area contributed by atoms with Crippen molar-refractivity contribution in [1.82, 2.24) is 5.32 Å². The number of rotatable bonds is 0. The molecule has 1 aliphatic carbocycles. The second kappa shape index (κ2) is 1.86. The lowest BCUT2D eigenvalue weighted by Gasteiger charge is -2.31. The Morgan fingerprint density at radius 1 is 0.833 bits per heavy atom. The fourth-order valence-electron chi connectivity index (χ4n) is 3.67. The summed E-state index contributed by atoms with van der Waals surface area (Å²) in [5.41, 5.74) is 0. The summed E-state index contributed by atoms with van der Waals surface area (Å²) >= 11 is 0. The first-order chi connectivity index (χ1) is 5.93. The molecule has 12 heavy (non-hydrogen) atoms. The van der Waals surface area contributed by atoms with Gasteiger partial charge in [0, 0.05) is 11.8 Å². The second-order valence-corrected chi connectivity index (χ2v) is 4.57. The van der Waals surface area contributed by atoms with E-state index in [4.69, 9.17) is 9.47 Å². The fourth-order valence-corrected chi connectivity index (χ4v) is 3.67. The van der Waals surface area contributed by atoms with Crippen molar-refractivity contribution in [3.63, 3.8) is 0 Å². The van der Waals surface area contributed by atoms with E-state index >= 15 is 0 Å². The summed E-state index contributed by atoms with van der Waals surface area (Å²) < 4.78 is 11.4. The highest BCUT2D eigenvalue weighted by Gasteiger charge is 2.60. The Labute approximate surface area is 71.4 Å². The quantitative estimate of drug-likeness (QED) is 0.558. The van der Waals surface area contributed by atoms with Gasteiger partial charge in [0.1, 0.15) is 12.5 Å². The molecule has 66 valence electrons. The zero-order valence-corrected chi connectivity index (χ0v) is 6.90. The van der Waals surface area contributed by atoms with Crippen LogP contribution in [0.3, 0.4) is 0 Å². The summed E-state index contributed by atoms with van der Waals surface area (Å²) in [4.78, 5) is 0. The lowest BCUT2D eigenvalue weighted by molar-refractivity contribution is -0.0486. The summed E-state index contributed by atoms with van der Waals surface area (Å²) in [6.07, 6.45) is 1.99. The van der Waals surface area contributed by atoms with Crippen LogP contribution in [0.1, 0.15) is 6.42 Å². The second-order valence-electron chi connectivity index (χ2n) is 4.57. The Kier molecular flexibility index (Phi) is 0.986. The Morgan fingerprint density at radius 3 is 2.00 bits per heavy atom. The maximum atomic E-state index is 5.70. The molecule has 3 saturated heterocycles. The molecule has 6 atom stereocenters. The van der Waals surface area contributed by atoms with Gasteiger partial charge in [-0.25, -0.2) is 0 Å². The lowest BCUT2D eigenvalue weighted by Crippen LogP contribution is -2.48. The minimum Gasteiger partial charge on any atom is -0.363 e. The van der Waals surface area contributed by atoms with Crippen LogP contribution in [0.15, 0.2) is 0 Å². The van der Waals surface area contributed by atoms with Crippen molar-refractivity contribution in [2.45, 2.75) is 18.9 Å². The number of nitrogens with one attached hydrogen (secondary N) is 1. The molecular formula is C9H13NO2. The molecule has 0 aromatic rings. The van der Waals surface area contributed by atoms with Crippen LogP contribution in [0.4, 0.5) is 0 Å². The van der Waals surface area contributed by atoms with Crippen LogP contribution in [-0.2, 0) is 9.47 Å². The van der Waals surface area contributed by atoms with Gasteiger partial charge in [0.15, 0.2) is 0 Å². The number of hydrogen-bond acceptors (Lipinski definition) is 3. The van der Waals surface area contributed by atoms with E-state index in [-0.39, 0.29) is 0 Å². The standard InChI is InChI=1S/C9H13NO2/c1-4-6-2-11-8(4)10-9-5(1)7(6)3-12-9/h4-10H,1-3H2/t4-,5+,6-,7+,8+,9-. The summed E-state index contributed by atoms with van der Waals surface area (Å²) in [5.74, 6) is 3.22. The van der Waals surface area contributed by atoms with Gasteiger partial charge in [-0.2, -0.15) is 0 Å². The van der Waals surface area contributed by atoms with Crippen LogP contribution in [0.2, 0.25) is 0 Å². The van der Waals surface area contributed by atoms with E-state index in [1.807, 2.05) is 0 Å². The largest absolute Gasteiger partial charge is 0.363 e. The van der Waals surface area contributed by atoms with Crippen LogP contribution in [-0.4, -0.2) is 25.7 Å². The smallest absolute Gasteiger partial charge is 0.113 e. The molecule has 0 amide bonds. The number of piperidine rings is 1. The van der Waals surface area contributed by atoms with Gasteiger partial charge in [-0.1, -0.05) is 0 Å². The summed E-state index contributed by atoms with van der Waals surface area (Å²) in [7, 11) is 0. The molecule has 3 heteroatoms. The van der Waals surface area contributed by atoms with Gasteiger partial charge < -0.3 is 9.47 Å². The van der Waals surface area contributed by atoms with Crippen LogP contribution in [0.25, 0.3) is 0 Å². The van der Waals surface area contributed by atoms with E-state index in [0.717, 1.165) is 36.9 Å². The minimum absolute atomic E-state index is 0.321. The molecule has 0 unspecified atom stereocenters. The van der Waals surface area contributed by atoms with Crippen LogP contribution >= 0.6 is 0 Å². The number of hydrogen-bond donors (Lipinski definition) is 1. The Morgan fingerprint density at radius 2 is 1.42 bits per heavy atom. The van der Waals surface area contributed by atoms with Crippen molar-refractivity contribution >= 4 is 0 Å². The van der Waals surface area contributed by atoms with Crippen molar-refractivity contribution in [1.29, 1.82) is 0 Å². The van der Waals surface area contributed by atoms with Gasteiger partial charge in [-0.15, -0.1) is 0 Å². The van der Waals surface area contributed by atoms with E-state index in [1.165, 1.54) is 6.42 Å². The average molecular weight is 167 g/mol. The van der Waals surface area contributed by atoms with Crippen molar-refractivity contribution in [2.24, 2.45) is 23.7 Å². The van der Waals surface area contributed by atoms with Gasteiger partial charge in [-0.3, -0.25) is 5.32 Å². The first kappa shape index (κ1) is 6.35. The summed E-state index contributed by atoms with van der Waals surface area (Å²) in [6.45, 7) is 1.94. The highest BCUT2D eigenvalue weighted by molar-refractivity contribution is 5.05. The van der Waals surface area contributed by atoms with E-state index < -0.39 is 0 Å². The van der Waals surface area contributed by atoms with Crippen molar-refractivity contribution < 1.29 is 9.47 Å². The van der Waals surface area contributed by atoms with Crippen LogP contribution in [0.5, 0.6) is 0 Å². The average Bonchev–Trinajstić information content (AvgIpc) is 2.69. The zero-order valence-electron chi connectivity index (χ0n) is 6.90. The number of fused-ring (bicyclic) bond motifs is 1. The molecule has 2 bridgehead atoms. The molecular weight excluding hydrogens is 154 g/mol. The van der Waals surface area contributed by atoms with E-state index in [2.05, 4.69) is 5.32 Å². The SMILES string of the molecule is C1O[C@H]2N[C@H]3OC[C@H]4[C@@H]1[C@@H]2C[C@H]43. The monoisotopic (exact) mass is 167 g/mol. The highest BCUT2D eigenvalue weighted by atomic mass is 16.5. The molecule has 0 aromatic carbocycles. The normalized spacial score (nSPS) is 66.0. The first-order valence-corrected chi connectivity index (χ1v) is 4.93. The molecule has 3 nitrogen and oxygen atoms in total. The summed E-state index contributed by atoms with van der Waals surface area (Å²) in [5, 5.41) is 3.45. The molecule has 4 fully saturated rings. The van der Waals surface area contributed by atoms with Crippen molar-refractivity contribution in [3.05, 3.63) is 0 Å². The lowest BCUT2D eigenvalue weighted by atomic mass is 9.91. The Bertz CT molecular complexity index is 211. The van der Waals surface area contributed by atoms with Gasteiger partial charge in [-0.05, 0) is 18.3 Å². The van der Waals surface area contributed by atoms with Gasteiger partial charge in [0.05, 0.1) is 13.2 Å². The zero-order chi connectivity index (χ0) is 7.71. The van der Waals surface area contributed by atoms with E-state index in [0.29, 0.717) is 12.5 Å². The molecule has 3 aliphatic heterocycles. The third kappa shape index (κ3) is 0.543. The maximum absolute atomic E-state index is 5.70. The van der Waals surface area contributed by atoms with Crippen molar-refractivity contribution in [3.8, 4) is 0 Å². The first-order valence-electron chi connectivity index (χ1n) is 4.93. The predicted molar refractivity (Wildman–Crippen MR) is 41.2 cm³/mol. The third-order valence-corrected chi connectivity index (χ3v) is 4.24. The molecule has 0 aromatic heterocycles. The molecule has 1 N–H and O–H groups in total. The van der Waals surface area contributed by atoms with Gasteiger partial charge in [0.2, 0.25) is 0 Å². The Hall–Kier alpha value is -0.120. The van der Waals surface area contributed by atoms with Crippen LogP contribution < -0.4 is 5.32 Å². The van der Waals surface area contributed by atoms with E-state index in [9.17, 15) is 0 Å². The molecule has 0 radical (unpaired) electrons. The molecule has 4 rings (SSSR count). The predicted octanol–water partition coefficient (Wildman–Crippen LogP) is 0.171. The highest BCUT2D eigenvalue weighted by Crippen LogP contribution is 2.54. The molecule has 0 spiro atoms. The van der Waals surface area contributed by atoms with Crippen LogP contribution in [0, 0.1) is 23.7 Å². The van der Waals surface area contributed by atoms with E-state index in [1.54, 1.807) is 0 Å². The number of ether oxygens (including phenoxy) is 2. The molecule has 3 heterocycles. The Balaban J connectivity index is 1.83. The summed E-state index contributed by atoms with van der Waals surface area (Å²) in [6, 6.07) is 0. The van der Waals surface area contributed by atoms with Gasteiger partial charge in [0.25, 0.3) is 0 Å². The third-order valence-electron chi connectivity index (χ3n) is 4.24. The minimum atomic E-state index is 0.321. The fraction of sp³-hybridized carbons (Fsp3) is 1.00. The maximum Gasteiger partial charge on any atom is 0.113 e. The molecule has 4 aliphatic rings. The van der Waals surface area contributed by atoms with Crippen molar-refractivity contribution in [2.75, 3.05) is 13.2 Å². The molecule has 1 saturated carbocycles. The van der Waals surface area contributed by atoms with Gasteiger partial charge >= 0.3 is 0 Å².